The summed E-state index contributed by atoms with van der Waals surface area (Å²) in [5.41, 5.74) is 0. The summed E-state index contributed by atoms with van der Waals surface area (Å²) in [4.78, 5) is 13.0. The van der Waals surface area contributed by atoms with Crippen LogP contribution in [0, 0.1) is 0 Å². The van der Waals surface area contributed by atoms with Gasteiger partial charge in [0.1, 0.15) is 0 Å². The standard InChI is InChI=1S/C13H22N4O2S/c1-4-10-6-5-7-16(10)12-14-15-13(17(12)9(2)3)20-8-11(18)19/h9-10H,4-8H2,1-3H3,(H,18,19). The van der Waals surface area contributed by atoms with E-state index in [4.69, 9.17) is 5.11 Å². The number of aromatic nitrogens is 3. The van der Waals surface area contributed by atoms with Crippen molar-refractivity contribution < 1.29 is 9.90 Å². The fourth-order valence-electron chi connectivity index (χ4n) is 2.67. The number of rotatable bonds is 6. The normalized spacial score (nSPS) is 19.0. The molecule has 1 aromatic heterocycles. The van der Waals surface area contributed by atoms with Gasteiger partial charge >= 0.3 is 5.97 Å². The van der Waals surface area contributed by atoms with Crippen molar-refractivity contribution >= 4 is 23.7 Å². The first-order valence-electron chi connectivity index (χ1n) is 7.10. The highest BCUT2D eigenvalue weighted by molar-refractivity contribution is 7.99. The van der Waals surface area contributed by atoms with E-state index in [0.29, 0.717) is 11.2 Å². The van der Waals surface area contributed by atoms with Gasteiger partial charge in [0.05, 0.1) is 5.75 Å². The number of hydrogen-bond donors (Lipinski definition) is 1. The predicted molar refractivity (Wildman–Crippen MR) is 79.4 cm³/mol. The molecule has 1 saturated heterocycles. The first kappa shape index (κ1) is 15.2. The lowest BCUT2D eigenvalue weighted by Crippen LogP contribution is -2.31. The summed E-state index contributed by atoms with van der Waals surface area (Å²) in [5.74, 6) is 0.0712. The molecule has 0 spiro atoms. The van der Waals surface area contributed by atoms with Crippen molar-refractivity contribution in [2.45, 2.75) is 57.3 Å². The molecule has 7 heteroatoms. The Hall–Kier alpha value is -1.24. The highest BCUT2D eigenvalue weighted by Gasteiger charge is 2.29. The molecule has 1 fully saturated rings. The Labute approximate surface area is 123 Å². The fraction of sp³-hybridized carbons (Fsp3) is 0.769. The van der Waals surface area contributed by atoms with Gasteiger partial charge in [0, 0.05) is 18.6 Å². The summed E-state index contributed by atoms with van der Waals surface area (Å²) >= 11 is 1.24. The largest absolute Gasteiger partial charge is 0.481 e. The molecule has 0 radical (unpaired) electrons. The lowest BCUT2D eigenvalue weighted by Gasteiger charge is -2.26. The Bertz CT molecular complexity index is 475. The van der Waals surface area contributed by atoms with E-state index in [1.54, 1.807) is 0 Å². The second-order valence-electron chi connectivity index (χ2n) is 5.33. The van der Waals surface area contributed by atoms with Crippen LogP contribution < -0.4 is 4.90 Å². The molecule has 1 aliphatic heterocycles. The minimum atomic E-state index is -0.831. The van der Waals surface area contributed by atoms with E-state index in [1.807, 2.05) is 0 Å². The average Bonchev–Trinajstić information content (AvgIpc) is 3.01. The van der Waals surface area contributed by atoms with Crippen molar-refractivity contribution in [3.8, 4) is 0 Å². The predicted octanol–water partition coefficient (Wildman–Crippen LogP) is 2.41. The molecule has 1 aromatic rings. The zero-order valence-corrected chi connectivity index (χ0v) is 13.1. The molecule has 6 nitrogen and oxygen atoms in total. The Morgan fingerprint density at radius 1 is 1.50 bits per heavy atom. The average molecular weight is 298 g/mol. The molecule has 1 N–H and O–H groups in total. The Morgan fingerprint density at radius 3 is 2.85 bits per heavy atom. The van der Waals surface area contributed by atoms with Gasteiger partial charge in [-0.1, -0.05) is 18.7 Å². The number of carbonyl (C=O) groups is 1. The van der Waals surface area contributed by atoms with Gasteiger partial charge < -0.3 is 10.0 Å². The van der Waals surface area contributed by atoms with Crippen molar-refractivity contribution in [3.63, 3.8) is 0 Å². The lowest BCUT2D eigenvalue weighted by molar-refractivity contribution is -0.133. The monoisotopic (exact) mass is 298 g/mol. The number of carboxylic acids is 1. The van der Waals surface area contributed by atoms with Crippen molar-refractivity contribution in [2.24, 2.45) is 0 Å². The van der Waals surface area contributed by atoms with Crippen LogP contribution in [0.4, 0.5) is 5.95 Å². The van der Waals surface area contributed by atoms with Crippen LogP contribution in [0.3, 0.4) is 0 Å². The van der Waals surface area contributed by atoms with Crippen LogP contribution in [-0.4, -0.2) is 44.2 Å². The van der Waals surface area contributed by atoms with Gasteiger partial charge in [-0.2, -0.15) is 0 Å². The third-order valence-electron chi connectivity index (χ3n) is 3.59. The van der Waals surface area contributed by atoms with Crippen molar-refractivity contribution in [1.82, 2.24) is 14.8 Å². The smallest absolute Gasteiger partial charge is 0.313 e. The van der Waals surface area contributed by atoms with Gasteiger partial charge in [-0.15, -0.1) is 10.2 Å². The summed E-state index contributed by atoms with van der Waals surface area (Å²) in [5, 5.41) is 18.0. The molecule has 0 saturated carbocycles. The van der Waals surface area contributed by atoms with Crippen molar-refractivity contribution in [1.29, 1.82) is 0 Å². The van der Waals surface area contributed by atoms with Gasteiger partial charge in [-0.25, -0.2) is 0 Å². The van der Waals surface area contributed by atoms with E-state index in [9.17, 15) is 4.79 Å². The third kappa shape index (κ3) is 3.08. The molecule has 20 heavy (non-hydrogen) atoms. The SMILES string of the molecule is CCC1CCCN1c1nnc(SCC(=O)O)n1C(C)C. The van der Waals surface area contributed by atoms with Gasteiger partial charge in [0.15, 0.2) is 5.16 Å². The summed E-state index contributed by atoms with van der Waals surface area (Å²) in [6, 6.07) is 0.739. The minimum Gasteiger partial charge on any atom is -0.481 e. The van der Waals surface area contributed by atoms with E-state index < -0.39 is 5.97 Å². The molecule has 1 atom stereocenters. The van der Waals surface area contributed by atoms with Crippen LogP contribution >= 0.6 is 11.8 Å². The molecule has 0 amide bonds. The van der Waals surface area contributed by atoms with E-state index in [-0.39, 0.29) is 11.8 Å². The van der Waals surface area contributed by atoms with Gasteiger partial charge in [0.25, 0.3) is 0 Å². The number of thioether (sulfide) groups is 1. The number of aliphatic carboxylic acids is 1. The van der Waals surface area contributed by atoms with Crippen LogP contribution in [0.1, 0.15) is 46.1 Å². The van der Waals surface area contributed by atoms with Crippen LogP contribution in [0.5, 0.6) is 0 Å². The number of carboxylic acid groups (broad SMARTS) is 1. The molecule has 0 aromatic carbocycles. The maximum Gasteiger partial charge on any atom is 0.313 e. The second kappa shape index (κ2) is 6.47. The first-order valence-corrected chi connectivity index (χ1v) is 8.09. The molecule has 0 bridgehead atoms. The molecular formula is C13H22N4O2S. The van der Waals surface area contributed by atoms with Crippen LogP contribution in [0.2, 0.25) is 0 Å². The number of anilines is 1. The molecule has 2 rings (SSSR count). The Morgan fingerprint density at radius 2 is 2.25 bits per heavy atom. The topological polar surface area (TPSA) is 71.2 Å². The molecule has 1 unspecified atom stereocenters. The molecule has 0 aliphatic carbocycles. The minimum absolute atomic E-state index is 0.0159. The summed E-state index contributed by atoms with van der Waals surface area (Å²) in [6.07, 6.45) is 3.47. The van der Waals surface area contributed by atoms with E-state index in [2.05, 4.69) is 40.4 Å². The third-order valence-corrected chi connectivity index (χ3v) is 4.52. The highest BCUT2D eigenvalue weighted by atomic mass is 32.2. The quantitative estimate of drug-likeness (QED) is 0.813. The molecule has 1 aliphatic rings. The van der Waals surface area contributed by atoms with Gasteiger partial charge in [-0.3, -0.25) is 9.36 Å². The van der Waals surface area contributed by atoms with E-state index >= 15 is 0 Å². The van der Waals surface area contributed by atoms with Crippen LogP contribution in [0.15, 0.2) is 5.16 Å². The van der Waals surface area contributed by atoms with Crippen LogP contribution in [0.25, 0.3) is 0 Å². The van der Waals surface area contributed by atoms with E-state index in [1.165, 1.54) is 24.6 Å². The zero-order chi connectivity index (χ0) is 14.7. The second-order valence-corrected chi connectivity index (χ2v) is 6.27. The number of hydrogen-bond acceptors (Lipinski definition) is 5. The number of nitrogens with zero attached hydrogens (tertiary/aromatic N) is 4. The fourth-order valence-corrected chi connectivity index (χ4v) is 3.45. The molecular weight excluding hydrogens is 276 g/mol. The molecule has 2 heterocycles. The first-order chi connectivity index (χ1) is 9.54. The zero-order valence-electron chi connectivity index (χ0n) is 12.2. The summed E-state index contributed by atoms with van der Waals surface area (Å²) in [6.45, 7) is 7.36. The highest BCUT2D eigenvalue weighted by Crippen LogP contribution is 2.31. The lowest BCUT2D eigenvalue weighted by atomic mass is 10.2. The molecule has 112 valence electrons. The van der Waals surface area contributed by atoms with Gasteiger partial charge in [0.2, 0.25) is 5.95 Å². The summed E-state index contributed by atoms with van der Waals surface area (Å²) in [7, 11) is 0. The van der Waals surface area contributed by atoms with Crippen molar-refractivity contribution in [2.75, 3.05) is 17.2 Å². The van der Waals surface area contributed by atoms with Crippen molar-refractivity contribution in [3.05, 3.63) is 0 Å². The maximum atomic E-state index is 10.7. The Kier molecular flexibility index (Phi) is 4.91. The maximum absolute atomic E-state index is 10.7. The Balaban J connectivity index is 2.26. The van der Waals surface area contributed by atoms with Gasteiger partial charge in [-0.05, 0) is 33.1 Å². The van der Waals surface area contributed by atoms with E-state index in [0.717, 1.165) is 18.9 Å². The summed E-state index contributed by atoms with van der Waals surface area (Å²) < 4.78 is 2.06. The van der Waals surface area contributed by atoms with Crippen LogP contribution in [-0.2, 0) is 4.79 Å².